The number of carbonyl (C=O) groups is 3. The van der Waals surface area contributed by atoms with Crippen molar-refractivity contribution < 1.29 is 34.4 Å². The molecule has 98 valence electrons. The maximum Gasteiger partial charge on any atom is 0.328 e. The Balaban J connectivity index is 0. The van der Waals surface area contributed by atoms with E-state index < -0.39 is 18.0 Å². The summed E-state index contributed by atoms with van der Waals surface area (Å²) in [6, 6.07) is 0. The summed E-state index contributed by atoms with van der Waals surface area (Å²) in [5, 5.41) is 24.5. The Morgan fingerprint density at radius 1 is 1.18 bits per heavy atom. The summed E-state index contributed by atoms with van der Waals surface area (Å²) in [5.41, 5.74) is 0. The second-order valence-electron chi connectivity index (χ2n) is 2.87. The third-order valence-electron chi connectivity index (χ3n) is 1.32. The average Bonchev–Trinajstić information content (AvgIpc) is 2.23. The largest absolute Gasteiger partial charge is 0.478 e. The number of esters is 1. The molecule has 0 bridgehead atoms. The van der Waals surface area contributed by atoms with Gasteiger partial charge in [-0.25, -0.2) is 9.59 Å². The van der Waals surface area contributed by atoms with Gasteiger partial charge in [-0.05, 0) is 6.42 Å². The molecule has 0 saturated carbocycles. The van der Waals surface area contributed by atoms with Crippen LogP contribution in [-0.2, 0) is 19.1 Å². The van der Waals surface area contributed by atoms with Crippen LogP contribution >= 0.6 is 0 Å². The highest BCUT2D eigenvalue weighted by Gasteiger charge is 2.00. The molecule has 0 amide bonds. The number of carbonyl (C=O) groups excluding carboxylic acids is 1. The van der Waals surface area contributed by atoms with Crippen LogP contribution in [0.15, 0.2) is 12.2 Å². The van der Waals surface area contributed by atoms with Gasteiger partial charge in [-0.3, -0.25) is 4.79 Å². The fourth-order valence-electron chi connectivity index (χ4n) is 0.474. The lowest BCUT2D eigenvalue weighted by Gasteiger charge is -2.05. The second kappa shape index (κ2) is 10.6. The van der Waals surface area contributed by atoms with Crippen molar-refractivity contribution >= 4 is 17.9 Å². The molecule has 0 radical (unpaired) electrons. The van der Waals surface area contributed by atoms with E-state index in [2.05, 4.69) is 4.74 Å². The van der Waals surface area contributed by atoms with Crippen LogP contribution in [0, 0.1) is 0 Å². The van der Waals surface area contributed by atoms with E-state index in [1.54, 1.807) is 0 Å². The molecule has 0 saturated heterocycles. The number of aliphatic hydroxyl groups is 1. The van der Waals surface area contributed by atoms with E-state index >= 15 is 0 Å². The van der Waals surface area contributed by atoms with Gasteiger partial charge in [-0.15, -0.1) is 0 Å². The topological polar surface area (TPSA) is 121 Å². The van der Waals surface area contributed by atoms with Crippen LogP contribution in [0.1, 0.15) is 20.3 Å². The Kier molecular flexibility index (Phi) is 10.9. The van der Waals surface area contributed by atoms with Crippen LogP contribution in [0.4, 0.5) is 0 Å². The fraction of sp³-hybridized carbons (Fsp3) is 0.500. The number of rotatable bonds is 5. The van der Waals surface area contributed by atoms with E-state index in [0.29, 0.717) is 18.6 Å². The number of aliphatic hydroxyl groups excluding tert-OH is 1. The van der Waals surface area contributed by atoms with Gasteiger partial charge in [0, 0.05) is 19.1 Å². The van der Waals surface area contributed by atoms with Crippen molar-refractivity contribution in [1.82, 2.24) is 0 Å². The predicted octanol–water partition coefficient (Wildman–Crippen LogP) is 0.0322. The average molecular weight is 248 g/mol. The molecule has 0 rings (SSSR count). The molecule has 0 aromatic carbocycles. The summed E-state index contributed by atoms with van der Waals surface area (Å²) in [7, 11) is 0. The lowest BCUT2D eigenvalue weighted by Crippen LogP contribution is -2.15. The molecule has 0 fully saturated rings. The van der Waals surface area contributed by atoms with Crippen molar-refractivity contribution in [3.8, 4) is 0 Å². The van der Waals surface area contributed by atoms with Crippen LogP contribution in [0.25, 0.3) is 0 Å². The lowest BCUT2D eigenvalue weighted by atomic mass is 10.3. The molecular weight excluding hydrogens is 232 g/mol. The van der Waals surface area contributed by atoms with Gasteiger partial charge < -0.3 is 20.1 Å². The zero-order valence-corrected chi connectivity index (χ0v) is 9.62. The van der Waals surface area contributed by atoms with Crippen LogP contribution in [0.2, 0.25) is 0 Å². The van der Waals surface area contributed by atoms with Gasteiger partial charge in [-0.1, -0.05) is 6.92 Å². The quantitative estimate of drug-likeness (QED) is 0.463. The van der Waals surface area contributed by atoms with Gasteiger partial charge in [0.15, 0.2) is 0 Å². The third kappa shape index (κ3) is 20.2. The van der Waals surface area contributed by atoms with E-state index in [0.717, 1.165) is 0 Å². The van der Waals surface area contributed by atoms with E-state index in [9.17, 15) is 14.4 Å². The van der Waals surface area contributed by atoms with Gasteiger partial charge in [0.05, 0.1) is 6.10 Å². The predicted molar refractivity (Wildman–Crippen MR) is 57.3 cm³/mol. The molecule has 0 aromatic heterocycles. The molecule has 0 aliphatic rings. The molecule has 7 nitrogen and oxygen atoms in total. The van der Waals surface area contributed by atoms with Crippen molar-refractivity contribution in [3.63, 3.8) is 0 Å². The maximum absolute atomic E-state index is 10.1. The van der Waals surface area contributed by atoms with Crippen LogP contribution in [0.3, 0.4) is 0 Å². The highest BCUT2D eigenvalue weighted by Crippen LogP contribution is 1.90. The molecule has 0 aliphatic carbocycles. The van der Waals surface area contributed by atoms with E-state index in [4.69, 9.17) is 15.3 Å². The minimum Gasteiger partial charge on any atom is -0.478 e. The van der Waals surface area contributed by atoms with Gasteiger partial charge in [-0.2, -0.15) is 0 Å². The summed E-state index contributed by atoms with van der Waals surface area (Å²) in [6.45, 7) is 3.27. The first-order valence-corrected chi connectivity index (χ1v) is 4.74. The highest BCUT2D eigenvalue weighted by molar-refractivity contribution is 5.89. The van der Waals surface area contributed by atoms with Crippen molar-refractivity contribution in [2.45, 2.75) is 26.4 Å². The second-order valence-corrected chi connectivity index (χ2v) is 2.87. The van der Waals surface area contributed by atoms with E-state index in [-0.39, 0.29) is 12.6 Å². The van der Waals surface area contributed by atoms with Crippen molar-refractivity contribution in [1.29, 1.82) is 0 Å². The number of carboxylic acid groups (broad SMARTS) is 2. The lowest BCUT2D eigenvalue weighted by molar-refractivity contribution is -0.144. The van der Waals surface area contributed by atoms with Crippen molar-refractivity contribution in [2.24, 2.45) is 0 Å². The van der Waals surface area contributed by atoms with Crippen LogP contribution in [-0.4, -0.2) is 45.9 Å². The Bertz CT molecular complexity index is 266. The first-order valence-electron chi connectivity index (χ1n) is 4.74. The molecule has 1 unspecified atom stereocenters. The molecular formula is C10H16O7. The molecule has 1 atom stereocenters. The Morgan fingerprint density at radius 3 is 1.82 bits per heavy atom. The maximum atomic E-state index is 10.1. The first kappa shape index (κ1) is 17.5. The summed E-state index contributed by atoms with van der Waals surface area (Å²) in [6.07, 6.45) is 1.23. The summed E-state index contributed by atoms with van der Waals surface area (Å²) >= 11 is 0. The smallest absolute Gasteiger partial charge is 0.328 e. The number of carboxylic acids is 2. The third-order valence-corrected chi connectivity index (χ3v) is 1.32. The minimum atomic E-state index is -1.26. The Labute approximate surface area is 98.3 Å². The zero-order valence-electron chi connectivity index (χ0n) is 9.62. The van der Waals surface area contributed by atoms with Gasteiger partial charge in [0.2, 0.25) is 0 Å². The van der Waals surface area contributed by atoms with Gasteiger partial charge in [0.1, 0.15) is 6.61 Å². The Morgan fingerprint density at radius 2 is 1.59 bits per heavy atom. The SMILES string of the molecule is CCC(O)COC(C)=O.O=C(O)C=CC(=O)O. The molecule has 0 heterocycles. The number of hydrogen-bond acceptors (Lipinski definition) is 5. The van der Waals surface area contributed by atoms with E-state index in [1.165, 1.54) is 6.92 Å². The minimum absolute atomic E-state index is 0.117. The standard InChI is InChI=1S/C6H12O3.C4H4O4/c1-3-6(8)4-9-5(2)7;5-3(6)1-2-4(7)8/h6,8H,3-4H2,1-2H3;1-2H,(H,5,6)(H,7,8). The monoisotopic (exact) mass is 248 g/mol. The fourth-order valence-corrected chi connectivity index (χ4v) is 0.474. The van der Waals surface area contributed by atoms with Gasteiger partial charge >= 0.3 is 17.9 Å². The zero-order chi connectivity index (χ0) is 13.8. The summed E-state index contributed by atoms with van der Waals surface area (Å²) in [4.78, 5) is 29.2. The van der Waals surface area contributed by atoms with Gasteiger partial charge in [0.25, 0.3) is 0 Å². The van der Waals surface area contributed by atoms with E-state index in [1.807, 2.05) is 6.92 Å². The molecule has 3 N–H and O–H groups in total. The highest BCUT2D eigenvalue weighted by atomic mass is 16.5. The van der Waals surface area contributed by atoms with Crippen LogP contribution < -0.4 is 0 Å². The van der Waals surface area contributed by atoms with Crippen LogP contribution in [0.5, 0.6) is 0 Å². The normalized spacial score (nSPS) is 11.2. The van der Waals surface area contributed by atoms with Crippen molar-refractivity contribution in [3.05, 3.63) is 12.2 Å². The number of ether oxygens (including phenoxy) is 1. The molecule has 0 spiro atoms. The first-order chi connectivity index (χ1) is 7.79. The molecule has 7 heteroatoms. The summed E-state index contributed by atoms with van der Waals surface area (Å²) < 4.78 is 4.51. The number of aliphatic carboxylic acids is 2. The Hall–Kier alpha value is -1.89. The summed E-state index contributed by atoms with van der Waals surface area (Å²) in [5.74, 6) is -2.86. The number of hydrogen-bond donors (Lipinski definition) is 3. The van der Waals surface area contributed by atoms with Crippen molar-refractivity contribution in [2.75, 3.05) is 6.61 Å². The molecule has 0 aromatic rings. The molecule has 0 aliphatic heterocycles. The molecule has 17 heavy (non-hydrogen) atoms.